The van der Waals surface area contributed by atoms with E-state index in [-0.39, 0.29) is 11.4 Å². The molecule has 0 saturated heterocycles. The summed E-state index contributed by atoms with van der Waals surface area (Å²) >= 11 is 5.84. The van der Waals surface area contributed by atoms with Gasteiger partial charge in [-0.25, -0.2) is 4.79 Å². The lowest BCUT2D eigenvalue weighted by Gasteiger charge is -2.12. The number of aryl methyl sites for hydroxylation is 1. The van der Waals surface area contributed by atoms with Gasteiger partial charge in [0.2, 0.25) is 5.78 Å². The Morgan fingerprint density at radius 3 is 2.40 bits per heavy atom. The van der Waals surface area contributed by atoms with Crippen LogP contribution in [0.3, 0.4) is 0 Å². The summed E-state index contributed by atoms with van der Waals surface area (Å²) in [5.74, 6) is -0.599. The van der Waals surface area contributed by atoms with Crippen molar-refractivity contribution in [3.8, 4) is 6.07 Å². The Hall–Kier alpha value is -2.84. The van der Waals surface area contributed by atoms with Crippen molar-refractivity contribution in [2.45, 2.75) is 53.7 Å². The van der Waals surface area contributed by atoms with E-state index in [9.17, 15) is 14.9 Å². The Kier molecular flexibility index (Phi) is 8.02. The molecule has 2 aromatic rings. The summed E-state index contributed by atoms with van der Waals surface area (Å²) in [6, 6.07) is 10.2. The lowest BCUT2D eigenvalue weighted by Crippen LogP contribution is -2.25. The van der Waals surface area contributed by atoms with Crippen LogP contribution in [0.25, 0.3) is 6.08 Å². The van der Waals surface area contributed by atoms with Crippen molar-refractivity contribution in [2.24, 2.45) is 5.92 Å². The number of ketones is 1. The quantitative estimate of drug-likeness (QED) is 0.241. The third kappa shape index (κ3) is 5.84. The molecule has 0 radical (unpaired) electrons. The molecule has 0 spiro atoms. The topological polar surface area (TPSA) is 72.1 Å². The predicted molar refractivity (Wildman–Crippen MR) is 118 cm³/mol. The first kappa shape index (κ1) is 23.4. The van der Waals surface area contributed by atoms with Gasteiger partial charge in [0.15, 0.2) is 6.10 Å². The normalized spacial score (nSPS) is 12.5. The standard InChI is InChI=1S/C24H27ClN2O3/c1-15(2)10-11-27-16(3)12-20(17(27)4)13-21(14-26)24(29)30-18(5)23(28)19-6-8-22(25)9-7-19/h6-9,12-13,15,18H,10-11H2,1-5H3/b21-13+/t18-/m1/s1. The molecule has 1 aromatic heterocycles. The minimum atomic E-state index is -1.02. The van der Waals surface area contributed by atoms with Crippen LogP contribution in [0, 0.1) is 31.1 Å². The third-order valence-electron chi connectivity index (χ3n) is 4.96. The molecule has 5 nitrogen and oxygen atoms in total. The van der Waals surface area contributed by atoms with E-state index >= 15 is 0 Å². The Bertz CT molecular complexity index is 995. The number of rotatable bonds is 8. The van der Waals surface area contributed by atoms with Crippen molar-refractivity contribution in [3.05, 3.63) is 63.4 Å². The molecule has 0 aliphatic heterocycles. The van der Waals surface area contributed by atoms with Crippen LogP contribution in [0.15, 0.2) is 35.9 Å². The lowest BCUT2D eigenvalue weighted by atomic mass is 10.1. The van der Waals surface area contributed by atoms with Crippen LogP contribution in [0.2, 0.25) is 5.02 Å². The number of hydrogen-bond donors (Lipinski definition) is 0. The number of hydrogen-bond acceptors (Lipinski definition) is 4. The Morgan fingerprint density at radius 1 is 1.20 bits per heavy atom. The maximum atomic E-state index is 12.5. The highest BCUT2D eigenvalue weighted by molar-refractivity contribution is 6.30. The molecule has 0 bridgehead atoms. The van der Waals surface area contributed by atoms with E-state index in [1.54, 1.807) is 24.3 Å². The predicted octanol–water partition coefficient (Wildman–Crippen LogP) is 5.53. The van der Waals surface area contributed by atoms with E-state index in [1.165, 1.54) is 13.0 Å². The molecule has 0 unspecified atom stereocenters. The monoisotopic (exact) mass is 426 g/mol. The highest BCUT2D eigenvalue weighted by Gasteiger charge is 2.22. The zero-order chi connectivity index (χ0) is 22.4. The van der Waals surface area contributed by atoms with Crippen molar-refractivity contribution in [1.29, 1.82) is 5.26 Å². The molecule has 158 valence electrons. The fraction of sp³-hybridized carbons (Fsp3) is 0.375. The number of aromatic nitrogens is 1. The molecule has 0 fully saturated rings. The summed E-state index contributed by atoms with van der Waals surface area (Å²) < 4.78 is 7.44. The average Bonchev–Trinajstić information content (AvgIpc) is 2.96. The summed E-state index contributed by atoms with van der Waals surface area (Å²) in [6.45, 7) is 10.7. The third-order valence-corrected chi connectivity index (χ3v) is 5.22. The van der Waals surface area contributed by atoms with Crippen LogP contribution in [0.4, 0.5) is 0 Å². The van der Waals surface area contributed by atoms with E-state index in [0.29, 0.717) is 16.5 Å². The number of carbonyl (C=O) groups excluding carboxylic acids is 2. The van der Waals surface area contributed by atoms with Crippen LogP contribution in [-0.4, -0.2) is 22.4 Å². The Morgan fingerprint density at radius 2 is 1.83 bits per heavy atom. The van der Waals surface area contributed by atoms with E-state index < -0.39 is 12.1 Å². The number of esters is 1. The molecule has 1 heterocycles. The summed E-state index contributed by atoms with van der Waals surface area (Å²) in [7, 11) is 0. The number of nitriles is 1. The molecule has 1 aromatic carbocycles. The fourth-order valence-corrected chi connectivity index (χ4v) is 3.25. The van der Waals surface area contributed by atoms with Crippen molar-refractivity contribution >= 4 is 29.4 Å². The van der Waals surface area contributed by atoms with E-state index in [1.807, 2.05) is 26.0 Å². The highest BCUT2D eigenvalue weighted by atomic mass is 35.5. The first-order valence-electron chi connectivity index (χ1n) is 9.93. The van der Waals surface area contributed by atoms with Crippen molar-refractivity contribution in [2.75, 3.05) is 0 Å². The van der Waals surface area contributed by atoms with Gasteiger partial charge in [-0.1, -0.05) is 25.4 Å². The number of Topliss-reactive ketones (excluding diaryl/α,β-unsaturated/α-hetero) is 1. The molecule has 0 aliphatic carbocycles. The minimum absolute atomic E-state index is 0.144. The van der Waals surface area contributed by atoms with E-state index in [2.05, 4.69) is 18.4 Å². The van der Waals surface area contributed by atoms with Crippen LogP contribution < -0.4 is 0 Å². The van der Waals surface area contributed by atoms with E-state index in [4.69, 9.17) is 16.3 Å². The lowest BCUT2D eigenvalue weighted by molar-refractivity contribution is -0.141. The molecule has 30 heavy (non-hydrogen) atoms. The number of ether oxygens (including phenoxy) is 1. The zero-order valence-corrected chi connectivity index (χ0v) is 18.8. The van der Waals surface area contributed by atoms with Gasteiger partial charge in [0, 0.05) is 28.5 Å². The second-order valence-corrected chi connectivity index (χ2v) is 8.19. The first-order chi connectivity index (χ1) is 14.1. The van der Waals surface area contributed by atoms with Crippen LogP contribution in [0.5, 0.6) is 0 Å². The van der Waals surface area contributed by atoms with Gasteiger partial charge in [0.25, 0.3) is 0 Å². The fourth-order valence-electron chi connectivity index (χ4n) is 3.12. The van der Waals surface area contributed by atoms with Gasteiger partial charge in [-0.2, -0.15) is 5.26 Å². The van der Waals surface area contributed by atoms with Gasteiger partial charge >= 0.3 is 5.97 Å². The molecule has 0 N–H and O–H groups in total. The molecule has 6 heteroatoms. The largest absolute Gasteiger partial charge is 0.450 e. The van der Waals surface area contributed by atoms with E-state index in [0.717, 1.165) is 29.9 Å². The maximum absolute atomic E-state index is 12.5. The number of halogens is 1. The number of nitrogens with zero attached hydrogens (tertiary/aromatic N) is 2. The Labute approximate surface area is 182 Å². The molecule has 0 aliphatic rings. The van der Waals surface area contributed by atoms with Gasteiger partial charge < -0.3 is 9.30 Å². The van der Waals surface area contributed by atoms with Gasteiger partial charge in [-0.15, -0.1) is 0 Å². The number of carbonyl (C=O) groups is 2. The molecule has 1 atom stereocenters. The van der Waals surface area contributed by atoms with Gasteiger partial charge in [-0.3, -0.25) is 4.79 Å². The van der Waals surface area contributed by atoms with Gasteiger partial charge in [0.1, 0.15) is 11.6 Å². The summed E-state index contributed by atoms with van der Waals surface area (Å²) in [4.78, 5) is 25.0. The molecule has 2 rings (SSSR count). The Balaban J connectivity index is 2.17. The SMILES string of the molecule is Cc1cc(/C=C(\C#N)C(=O)O[C@H](C)C(=O)c2ccc(Cl)cc2)c(C)n1CCC(C)C. The average molecular weight is 427 g/mol. The summed E-state index contributed by atoms with van der Waals surface area (Å²) in [6.07, 6.45) is 1.54. The smallest absolute Gasteiger partial charge is 0.349 e. The summed E-state index contributed by atoms with van der Waals surface area (Å²) in [5, 5.41) is 9.99. The molecular weight excluding hydrogens is 400 g/mol. The maximum Gasteiger partial charge on any atom is 0.349 e. The zero-order valence-electron chi connectivity index (χ0n) is 18.0. The molecule has 0 amide bonds. The van der Waals surface area contributed by atoms with Crippen LogP contribution in [-0.2, 0) is 16.1 Å². The van der Waals surface area contributed by atoms with Gasteiger partial charge in [0.05, 0.1) is 0 Å². The van der Waals surface area contributed by atoms with Crippen LogP contribution in [0.1, 0.15) is 54.5 Å². The van der Waals surface area contributed by atoms with Crippen LogP contribution >= 0.6 is 11.6 Å². The van der Waals surface area contributed by atoms with Crippen molar-refractivity contribution in [1.82, 2.24) is 4.57 Å². The molecule has 0 saturated carbocycles. The second-order valence-electron chi connectivity index (χ2n) is 7.75. The summed E-state index contributed by atoms with van der Waals surface area (Å²) in [5.41, 5.74) is 3.09. The second kappa shape index (κ2) is 10.3. The highest BCUT2D eigenvalue weighted by Crippen LogP contribution is 2.20. The number of benzene rings is 1. The van der Waals surface area contributed by atoms with Crippen molar-refractivity contribution < 1.29 is 14.3 Å². The molecular formula is C24H27ClN2O3. The first-order valence-corrected chi connectivity index (χ1v) is 10.3. The minimum Gasteiger partial charge on any atom is -0.450 e. The van der Waals surface area contributed by atoms with Crippen molar-refractivity contribution in [3.63, 3.8) is 0 Å². The van der Waals surface area contributed by atoms with Gasteiger partial charge in [-0.05, 0) is 75.1 Å².